The van der Waals surface area contributed by atoms with Gasteiger partial charge in [0.15, 0.2) is 5.84 Å². The molecule has 2 aliphatic rings. The van der Waals surface area contributed by atoms with Crippen LogP contribution in [0.1, 0.15) is 19.8 Å². The zero-order chi connectivity index (χ0) is 10.1. The summed E-state index contributed by atoms with van der Waals surface area (Å²) in [7, 11) is 0. The van der Waals surface area contributed by atoms with Crippen molar-refractivity contribution in [3.8, 4) is 0 Å². The zero-order valence-electron chi connectivity index (χ0n) is 7.87. The Hall–Kier alpha value is -1.10. The minimum absolute atomic E-state index is 0.543. The molecule has 2 N–H and O–H groups in total. The van der Waals surface area contributed by atoms with Crippen LogP contribution in [0.2, 0.25) is 0 Å². The molecule has 0 fully saturated rings. The Balaban J connectivity index is 2.47. The largest absolute Gasteiger partial charge is 0.382 e. The lowest BCUT2D eigenvalue weighted by Gasteiger charge is -2.29. The highest BCUT2D eigenvalue weighted by molar-refractivity contribution is 9.11. The lowest BCUT2D eigenvalue weighted by molar-refractivity contribution is 0.489. The third kappa shape index (κ3) is 1.37. The van der Waals surface area contributed by atoms with Crippen LogP contribution in [0.15, 0.2) is 32.0 Å². The second kappa shape index (κ2) is 3.57. The van der Waals surface area contributed by atoms with E-state index in [0.29, 0.717) is 5.84 Å². The van der Waals surface area contributed by atoms with E-state index in [1.165, 1.54) is 11.9 Å². The first-order valence-electron chi connectivity index (χ1n) is 4.48. The molecule has 0 aliphatic carbocycles. The predicted octanol–water partition coefficient (Wildman–Crippen LogP) is 1.91. The minimum Gasteiger partial charge on any atom is -0.382 e. The van der Waals surface area contributed by atoms with Crippen LogP contribution >= 0.6 is 15.9 Å². The molecule has 0 aromatic carbocycles. The number of rotatable bonds is 1. The first-order valence-corrected chi connectivity index (χ1v) is 5.27. The maximum absolute atomic E-state index is 5.83. The van der Waals surface area contributed by atoms with Gasteiger partial charge >= 0.3 is 0 Å². The van der Waals surface area contributed by atoms with E-state index in [0.717, 1.165) is 23.1 Å². The Morgan fingerprint density at radius 3 is 3.14 bits per heavy atom. The van der Waals surface area contributed by atoms with Crippen LogP contribution in [-0.4, -0.2) is 17.2 Å². The van der Waals surface area contributed by atoms with Gasteiger partial charge in [0.25, 0.3) is 0 Å². The van der Waals surface area contributed by atoms with Crippen LogP contribution in [0.25, 0.3) is 0 Å². The standard InChI is InChI=1S/C9H11BrN4/c1-2-6-3-4-7(10)14-8(6)9(11)12-5-13-14/h4-5H,2-3H2,1H3,(H2,11,12,13). The average molecular weight is 255 g/mol. The summed E-state index contributed by atoms with van der Waals surface area (Å²) in [5, 5.41) is 5.93. The fourth-order valence-electron chi connectivity index (χ4n) is 1.56. The molecule has 0 unspecified atom stereocenters. The van der Waals surface area contributed by atoms with Crippen molar-refractivity contribution in [2.24, 2.45) is 15.8 Å². The lowest BCUT2D eigenvalue weighted by Crippen LogP contribution is -2.32. The van der Waals surface area contributed by atoms with Crippen LogP contribution in [0.3, 0.4) is 0 Å². The highest BCUT2D eigenvalue weighted by atomic mass is 79.9. The molecule has 2 rings (SSSR count). The topological polar surface area (TPSA) is 54.0 Å². The molecule has 0 atom stereocenters. The van der Waals surface area contributed by atoms with Gasteiger partial charge in [-0.3, -0.25) is 0 Å². The van der Waals surface area contributed by atoms with E-state index in [1.54, 1.807) is 5.01 Å². The second-order valence-electron chi connectivity index (χ2n) is 3.09. The Kier molecular flexibility index (Phi) is 2.41. The van der Waals surface area contributed by atoms with Crippen molar-refractivity contribution in [1.82, 2.24) is 5.01 Å². The van der Waals surface area contributed by atoms with Gasteiger partial charge in [-0.25, -0.2) is 10.0 Å². The highest BCUT2D eigenvalue weighted by Crippen LogP contribution is 2.31. The van der Waals surface area contributed by atoms with Crippen LogP contribution in [0.4, 0.5) is 0 Å². The van der Waals surface area contributed by atoms with Crippen molar-refractivity contribution >= 4 is 28.1 Å². The Morgan fingerprint density at radius 1 is 1.64 bits per heavy atom. The maximum atomic E-state index is 5.83. The lowest BCUT2D eigenvalue weighted by atomic mass is 10.0. The van der Waals surface area contributed by atoms with Gasteiger partial charge in [0.2, 0.25) is 0 Å². The molecule has 2 aliphatic heterocycles. The van der Waals surface area contributed by atoms with E-state index in [4.69, 9.17) is 5.73 Å². The number of hydrazone groups is 1. The van der Waals surface area contributed by atoms with Crippen molar-refractivity contribution in [3.05, 3.63) is 22.0 Å². The van der Waals surface area contributed by atoms with Gasteiger partial charge in [-0.15, -0.1) is 0 Å². The number of fused-ring (bicyclic) bond motifs is 1. The number of allylic oxidation sites excluding steroid dienone is 2. The maximum Gasteiger partial charge on any atom is 0.151 e. The van der Waals surface area contributed by atoms with Crippen molar-refractivity contribution in [1.29, 1.82) is 0 Å². The summed E-state index contributed by atoms with van der Waals surface area (Å²) in [6.07, 6.45) is 5.42. The molecule has 0 aromatic rings. The first-order chi connectivity index (χ1) is 6.74. The van der Waals surface area contributed by atoms with Crippen LogP contribution in [0, 0.1) is 0 Å². The van der Waals surface area contributed by atoms with E-state index in [1.807, 2.05) is 0 Å². The summed E-state index contributed by atoms with van der Waals surface area (Å²) >= 11 is 3.44. The van der Waals surface area contributed by atoms with Crippen molar-refractivity contribution in [3.63, 3.8) is 0 Å². The molecule has 0 amide bonds. The monoisotopic (exact) mass is 254 g/mol. The van der Waals surface area contributed by atoms with E-state index in [9.17, 15) is 0 Å². The first kappa shape index (κ1) is 9.45. The molecule has 0 radical (unpaired) electrons. The van der Waals surface area contributed by atoms with Gasteiger partial charge in [-0.1, -0.05) is 6.92 Å². The summed E-state index contributed by atoms with van der Waals surface area (Å²) in [5.74, 6) is 0.543. The summed E-state index contributed by atoms with van der Waals surface area (Å²) in [6.45, 7) is 2.11. The van der Waals surface area contributed by atoms with E-state index >= 15 is 0 Å². The number of nitrogens with zero attached hydrogens (tertiary/aromatic N) is 3. The molecule has 74 valence electrons. The van der Waals surface area contributed by atoms with Crippen LogP contribution in [0.5, 0.6) is 0 Å². The third-order valence-electron chi connectivity index (χ3n) is 2.30. The summed E-state index contributed by atoms with van der Waals surface area (Å²) in [4.78, 5) is 4.00. The molecule has 14 heavy (non-hydrogen) atoms. The molecule has 0 saturated carbocycles. The van der Waals surface area contributed by atoms with E-state index in [-0.39, 0.29) is 0 Å². The number of hydrogen-bond donors (Lipinski definition) is 1. The normalized spacial score (nSPS) is 20.6. The van der Waals surface area contributed by atoms with E-state index < -0.39 is 0 Å². The quantitative estimate of drug-likeness (QED) is 0.727. The van der Waals surface area contributed by atoms with Gasteiger partial charge in [-0.05, 0) is 40.4 Å². The molecule has 0 bridgehead atoms. The third-order valence-corrected chi connectivity index (χ3v) is 2.96. The molecule has 5 heteroatoms. The van der Waals surface area contributed by atoms with Gasteiger partial charge < -0.3 is 5.73 Å². The number of amidine groups is 1. The number of aliphatic imine (C=N–C) groups is 1. The minimum atomic E-state index is 0.543. The molecule has 0 spiro atoms. The smallest absolute Gasteiger partial charge is 0.151 e. The Labute approximate surface area is 91.0 Å². The number of hydrogen-bond acceptors (Lipinski definition) is 4. The van der Waals surface area contributed by atoms with Gasteiger partial charge in [-0.2, -0.15) is 5.10 Å². The molecular weight excluding hydrogens is 244 g/mol. The molecule has 4 nitrogen and oxygen atoms in total. The van der Waals surface area contributed by atoms with Gasteiger partial charge in [0.05, 0.1) is 0 Å². The predicted molar refractivity (Wildman–Crippen MR) is 60.9 cm³/mol. The van der Waals surface area contributed by atoms with Crippen molar-refractivity contribution < 1.29 is 0 Å². The second-order valence-corrected chi connectivity index (χ2v) is 3.91. The highest BCUT2D eigenvalue weighted by Gasteiger charge is 2.24. The van der Waals surface area contributed by atoms with Crippen LogP contribution < -0.4 is 5.73 Å². The SMILES string of the molecule is CCC1=C2C(N)=NC=NN2C(Br)=CC1. The summed E-state index contributed by atoms with van der Waals surface area (Å²) < 4.78 is 0.929. The van der Waals surface area contributed by atoms with Gasteiger partial charge in [0.1, 0.15) is 16.6 Å². The van der Waals surface area contributed by atoms with Gasteiger partial charge in [0, 0.05) is 0 Å². The Morgan fingerprint density at radius 2 is 2.43 bits per heavy atom. The average Bonchev–Trinajstić information content (AvgIpc) is 2.20. The van der Waals surface area contributed by atoms with Crippen molar-refractivity contribution in [2.45, 2.75) is 19.8 Å². The van der Waals surface area contributed by atoms with Crippen molar-refractivity contribution in [2.75, 3.05) is 0 Å². The number of halogens is 1. The fourth-order valence-corrected chi connectivity index (χ4v) is 1.99. The molecule has 0 aromatic heterocycles. The summed E-state index contributed by atoms with van der Waals surface area (Å²) in [5.41, 5.74) is 8.03. The fraction of sp³-hybridized carbons (Fsp3) is 0.333. The van der Waals surface area contributed by atoms with Crippen LogP contribution in [-0.2, 0) is 0 Å². The van der Waals surface area contributed by atoms with E-state index in [2.05, 4.69) is 39.0 Å². The molecule has 0 saturated heterocycles. The Bertz CT molecular complexity index is 378. The zero-order valence-corrected chi connectivity index (χ0v) is 9.45. The molecular formula is C9H11BrN4. The number of nitrogens with two attached hydrogens (primary N) is 1. The summed E-state index contributed by atoms with van der Waals surface area (Å²) in [6, 6.07) is 0. The molecule has 2 heterocycles.